The van der Waals surface area contributed by atoms with E-state index < -0.39 is 0 Å². The predicted molar refractivity (Wildman–Crippen MR) is 87.3 cm³/mol. The maximum absolute atomic E-state index is 11.9. The van der Waals surface area contributed by atoms with Crippen LogP contribution in [0.15, 0.2) is 52.5 Å². The molecule has 22 heavy (non-hydrogen) atoms. The highest BCUT2D eigenvalue weighted by molar-refractivity contribution is 5.94. The molecule has 0 atom stereocenters. The zero-order valence-corrected chi connectivity index (χ0v) is 12.9. The molecule has 2 rings (SSSR count). The second-order valence-electron chi connectivity index (χ2n) is 5.39. The Bertz CT molecular complexity index is 743. The molecule has 0 saturated carbocycles. The van der Waals surface area contributed by atoms with Gasteiger partial charge in [-0.05, 0) is 23.1 Å². The van der Waals surface area contributed by atoms with Crippen molar-refractivity contribution in [1.82, 2.24) is 9.99 Å². The van der Waals surface area contributed by atoms with E-state index in [2.05, 4.69) is 24.4 Å². The average molecular weight is 297 g/mol. The van der Waals surface area contributed by atoms with Crippen molar-refractivity contribution in [2.75, 3.05) is 0 Å². The van der Waals surface area contributed by atoms with E-state index >= 15 is 0 Å². The summed E-state index contributed by atoms with van der Waals surface area (Å²) in [5.41, 5.74) is 4.83. The molecule has 0 saturated heterocycles. The summed E-state index contributed by atoms with van der Waals surface area (Å²) in [4.78, 5) is 23.2. The van der Waals surface area contributed by atoms with Crippen LogP contribution >= 0.6 is 0 Å². The number of carbonyl (C=O) groups excluding carboxylic acids is 1. The molecule has 0 radical (unpaired) electrons. The Balaban J connectivity index is 2.00. The van der Waals surface area contributed by atoms with Gasteiger partial charge in [-0.25, -0.2) is 5.43 Å². The first-order valence-electron chi connectivity index (χ1n) is 7.07. The fourth-order valence-electron chi connectivity index (χ4n) is 1.93. The van der Waals surface area contributed by atoms with Gasteiger partial charge in [0.1, 0.15) is 0 Å². The molecule has 2 aromatic rings. The lowest BCUT2D eigenvalue weighted by atomic mass is 10.0. The van der Waals surface area contributed by atoms with Gasteiger partial charge >= 0.3 is 0 Å². The van der Waals surface area contributed by atoms with E-state index in [-0.39, 0.29) is 11.5 Å². The van der Waals surface area contributed by atoms with E-state index in [0.717, 1.165) is 5.56 Å². The Morgan fingerprint density at radius 2 is 1.86 bits per heavy atom. The van der Waals surface area contributed by atoms with Gasteiger partial charge in [0, 0.05) is 19.3 Å². The van der Waals surface area contributed by atoms with Gasteiger partial charge in [0.25, 0.3) is 5.91 Å². The van der Waals surface area contributed by atoms with Crippen LogP contribution in [0.5, 0.6) is 0 Å². The first kappa shape index (κ1) is 15.7. The van der Waals surface area contributed by atoms with E-state index in [0.29, 0.717) is 11.5 Å². The number of pyridine rings is 1. The molecule has 0 spiro atoms. The number of nitrogens with zero attached hydrogens (tertiary/aromatic N) is 2. The zero-order valence-electron chi connectivity index (χ0n) is 12.9. The van der Waals surface area contributed by atoms with Crippen LogP contribution < -0.4 is 11.0 Å². The van der Waals surface area contributed by atoms with Gasteiger partial charge in [-0.2, -0.15) is 5.10 Å². The Hall–Kier alpha value is -2.69. The number of aromatic nitrogens is 1. The van der Waals surface area contributed by atoms with Crippen molar-refractivity contribution < 1.29 is 4.79 Å². The molecule has 1 heterocycles. The molecule has 0 aliphatic rings. The van der Waals surface area contributed by atoms with Gasteiger partial charge in [-0.1, -0.05) is 38.1 Å². The third-order valence-electron chi connectivity index (χ3n) is 3.33. The summed E-state index contributed by atoms with van der Waals surface area (Å²) in [6.07, 6.45) is 3.06. The first-order valence-corrected chi connectivity index (χ1v) is 7.07. The highest BCUT2D eigenvalue weighted by Gasteiger charge is 2.05. The second kappa shape index (κ2) is 6.85. The van der Waals surface area contributed by atoms with Crippen LogP contribution in [0.25, 0.3) is 0 Å². The lowest BCUT2D eigenvalue weighted by molar-refractivity contribution is 0.0954. The van der Waals surface area contributed by atoms with Crippen molar-refractivity contribution >= 4 is 12.1 Å². The zero-order chi connectivity index (χ0) is 16.1. The summed E-state index contributed by atoms with van der Waals surface area (Å²) >= 11 is 0. The van der Waals surface area contributed by atoms with Crippen molar-refractivity contribution in [3.63, 3.8) is 0 Å². The number of aryl methyl sites for hydroxylation is 1. The molecule has 1 N–H and O–H groups in total. The largest absolute Gasteiger partial charge is 0.318 e. The van der Waals surface area contributed by atoms with Gasteiger partial charge in [-0.15, -0.1) is 0 Å². The summed E-state index contributed by atoms with van der Waals surface area (Å²) in [7, 11) is 1.60. The van der Waals surface area contributed by atoms with Crippen molar-refractivity contribution in [3.8, 4) is 0 Å². The smallest absolute Gasteiger partial charge is 0.272 e. The highest BCUT2D eigenvalue weighted by Crippen LogP contribution is 2.13. The number of hydrogen-bond donors (Lipinski definition) is 1. The standard InChI is InChI=1S/C17H19N3O2/c1-12(2)14-6-4-13(5-7-14)10-18-19-17(22)15-8-9-16(21)20(3)11-15/h4-12H,1-3H3,(H,19,22). The van der Waals surface area contributed by atoms with Crippen LogP contribution in [0.4, 0.5) is 0 Å². The lowest BCUT2D eigenvalue weighted by Crippen LogP contribution is -2.22. The molecule has 1 aromatic carbocycles. The van der Waals surface area contributed by atoms with Crippen LogP contribution in [-0.2, 0) is 7.05 Å². The number of benzene rings is 1. The average Bonchev–Trinajstić information content (AvgIpc) is 2.50. The Labute approximate surface area is 129 Å². The van der Waals surface area contributed by atoms with E-state index in [1.807, 2.05) is 24.3 Å². The summed E-state index contributed by atoms with van der Waals surface area (Å²) in [5, 5.41) is 3.93. The lowest BCUT2D eigenvalue weighted by Gasteiger charge is -2.04. The van der Waals surface area contributed by atoms with Crippen LogP contribution in [0, 0.1) is 0 Å². The van der Waals surface area contributed by atoms with Gasteiger partial charge < -0.3 is 4.57 Å². The molecule has 114 valence electrons. The minimum absolute atomic E-state index is 0.162. The molecule has 5 heteroatoms. The number of rotatable bonds is 4. The predicted octanol–water partition coefficient (Wildman–Crippen LogP) is 2.27. The third-order valence-corrected chi connectivity index (χ3v) is 3.33. The van der Waals surface area contributed by atoms with E-state index in [4.69, 9.17) is 0 Å². The SMILES string of the molecule is CC(C)c1ccc(C=NNC(=O)c2ccc(=O)n(C)c2)cc1. The summed E-state index contributed by atoms with van der Waals surface area (Å²) in [5.74, 6) is 0.126. The minimum Gasteiger partial charge on any atom is -0.318 e. The highest BCUT2D eigenvalue weighted by atomic mass is 16.2. The fourth-order valence-corrected chi connectivity index (χ4v) is 1.93. The topological polar surface area (TPSA) is 63.5 Å². The molecule has 0 unspecified atom stereocenters. The normalized spacial score (nSPS) is 11.1. The summed E-state index contributed by atoms with van der Waals surface area (Å²) in [6.45, 7) is 4.27. The van der Waals surface area contributed by atoms with Crippen LogP contribution in [0.1, 0.15) is 41.3 Å². The molecule has 0 bridgehead atoms. The summed E-state index contributed by atoms with van der Waals surface area (Å²) in [6, 6.07) is 10.8. The Morgan fingerprint density at radius 1 is 1.18 bits per heavy atom. The van der Waals surface area contributed by atoms with Crippen LogP contribution in [-0.4, -0.2) is 16.7 Å². The number of hydrogen-bond acceptors (Lipinski definition) is 3. The first-order chi connectivity index (χ1) is 10.5. The Kier molecular flexibility index (Phi) is 4.88. The number of hydrazone groups is 1. The molecular formula is C17H19N3O2. The van der Waals surface area contributed by atoms with Gasteiger partial charge in [0.15, 0.2) is 0 Å². The number of carbonyl (C=O) groups is 1. The third kappa shape index (κ3) is 3.91. The molecule has 5 nitrogen and oxygen atoms in total. The maximum atomic E-state index is 11.9. The monoisotopic (exact) mass is 297 g/mol. The molecule has 1 aromatic heterocycles. The number of amides is 1. The molecule has 0 aliphatic carbocycles. The maximum Gasteiger partial charge on any atom is 0.272 e. The van der Waals surface area contributed by atoms with Gasteiger partial charge in [-0.3, -0.25) is 9.59 Å². The van der Waals surface area contributed by atoms with Gasteiger partial charge in [0.2, 0.25) is 5.56 Å². The van der Waals surface area contributed by atoms with E-state index in [1.165, 1.54) is 28.5 Å². The Morgan fingerprint density at radius 3 is 2.45 bits per heavy atom. The van der Waals surface area contributed by atoms with Crippen LogP contribution in [0.2, 0.25) is 0 Å². The molecule has 1 amide bonds. The van der Waals surface area contributed by atoms with E-state index in [9.17, 15) is 9.59 Å². The quantitative estimate of drug-likeness (QED) is 0.695. The van der Waals surface area contributed by atoms with Crippen molar-refractivity contribution in [2.45, 2.75) is 19.8 Å². The molecule has 0 aliphatic heterocycles. The second-order valence-corrected chi connectivity index (χ2v) is 5.39. The molecule has 0 fully saturated rings. The van der Waals surface area contributed by atoms with E-state index in [1.54, 1.807) is 13.3 Å². The minimum atomic E-state index is -0.356. The van der Waals surface area contributed by atoms with Crippen LogP contribution in [0.3, 0.4) is 0 Å². The van der Waals surface area contributed by atoms with Crippen molar-refractivity contribution in [3.05, 3.63) is 69.6 Å². The van der Waals surface area contributed by atoms with Gasteiger partial charge in [0.05, 0.1) is 11.8 Å². The summed E-state index contributed by atoms with van der Waals surface area (Å²) < 4.78 is 1.35. The van der Waals surface area contributed by atoms with Crippen molar-refractivity contribution in [1.29, 1.82) is 0 Å². The fraction of sp³-hybridized carbons (Fsp3) is 0.235. The molecular weight excluding hydrogens is 278 g/mol. The number of nitrogens with one attached hydrogen (secondary N) is 1. The van der Waals surface area contributed by atoms with Crippen molar-refractivity contribution in [2.24, 2.45) is 12.1 Å².